The standard InChI is InChI=1S/C23H28N2O5/c1-4-14-25(15-21(26)24-20-9-7-6-8-17(20)3)22(27)16-30-19-12-10-18(11-13-19)23(28)29-5-2/h6-13H,4-5,14-16H2,1-3H3,(H,24,26). The molecule has 2 rings (SSSR count). The topological polar surface area (TPSA) is 84.9 Å². The average Bonchev–Trinajstić information content (AvgIpc) is 2.74. The number of amides is 2. The highest BCUT2D eigenvalue weighted by atomic mass is 16.5. The summed E-state index contributed by atoms with van der Waals surface area (Å²) in [5, 5.41) is 2.84. The Morgan fingerprint density at radius 2 is 1.70 bits per heavy atom. The quantitative estimate of drug-likeness (QED) is 0.605. The van der Waals surface area contributed by atoms with Crippen LogP contribution in [-0.2, 0) is 14.3 Å². The van der Waals surface area contributed by atoms with Crippen molar-refractivity contribution in [3.63, 3.8) is 0 Å². The summed E-state index contributed by atoms with van der Waals surface area (Å²) in [6, 6.07) is 13.8. The maximum atomic E-state index is 12.6. The van der Waals surface area contributed by atoms with Crippen molar-refractivity contribution >= 4 is 23.5 Å². The summed E-state index contributed by atoms with van der Waals surface area (Å²) >= 11 is 0. The zero-order valence-corrected chi connectivity index (χ0v) is 17.6. The van der Waals surface area contributed by atoms with Gasteiger partial charge in [-0.1, -0.05) is 25.1 Å². The monoisotopic (exact) mass is 412 g/mol. The van der Waals surface area contributed by atoms with Crippen LogP contribution in [0.2, 0.25) is 0 Å². The number of hydrogen-bond donors (Lipinski definition) is 1. The van der Waals surface area contributed by atoms with E-state index in [0.29, 0.717) is 24.5 Å². The zero-order valence-electron chi connectivity index (χ0n) is 17.6. The molecule has 1 N–H and O–H groups in total. The lowest BCUT2D eigenvalue weighted by Gasteiger charge is -2.22. The van der Waals surface area contributed by atoms with Gasteiger partial charge in [0, 0.05) is 12.2 Å². The van der Waals surface area contributed by atoms with Crippen LogP contribution in [0.1, 0.15) is 36.2 Å². The second-order valence-corrected chi connectivity index (χ2v) is 6.71. The molecule has 0 aliphatic carbocycles. The largest absolute Gasteiger partial charge is 0.484 e. The molecule has 2 amide bonds. The van der Waals surface area contributed by atoms with Crippen molar-refractivity contribution in [1.29, 1.82) is 0 Å². The summed E-state index contributed by atoms with van der Waals surface area (Å²) < 4.78 is 10.5. The van der Waals surface area contributed by atoms with E-state index in [1.54, 1.807) is 31.2 Å². The molecule has 0 atom stereocenters. The third-order valence-electron chi connectivity index (χ3n) is 4.33. The second-order valence-electron chi connectivity index (χ2n) is 6.71. The molecule has 0 radical (unpaired) electrons. The van der Waals surface area contributed by atoms with E-state index in [9.17, 15) is 14.4 Å². The molecule has 7 heteroatoms. The fraction of sp³-hybridized carbons (Fsp3) is 0.348. The van der Waals surface area contributed by atoms with E-state index < -0.39 is 5.97 Å². The van der Waals surface area contributed by atoms with Crippen LogP contribution >= 0.6 is 0 Å². The fourth-order valence-corrected chi connectivity index (χ4v) is 2.78. The number of para-hydroxylation sites is 1. The SMILES string of the molecule is CCCN(CC(=O)Nc1ccccc1C)C(=O)COc1ccc(C(=O)OCC)cc1. The van der Waals surface area contributed by atoms with Crippen molar-refractivity contribution in [2.45, 2.75) is 27.2 Å². The lowest BCUT2D eigenvalue weighted by Crippen LogP contribution is -2.41. The van der Waals surface area contributed by atoms with Gasteiger partial charge in [-0.25, -0.2) is 4.79 Å². The van der Waals surface area contributed by atoms with Crippen LogP contribution in [-0.4, -0.2) is 49.0 Å². The minimum Gasteiger partial charge on any atom is -0.484 e. The third kappa shape index (κ3) is 6.92. The first-order chi connectivity index (χ1) is 14.4. The minimum atomic E-state index is -0.408. The van der Waals surface area contributed by atoms with E-state index in [0.717, 1.165) is 17.7 Å². The number of rotatable bonds is 10. The van der Waals surface area contributed by atoms with Crippen molar-refractivity contribution in [3.8, 4) is 5.75 Å². The predicted octanol–water partition coefficient (Wildman–Crippen LogP) is 3.43. The van der Waals surface area contributed by atoms with Gasteiger partial charge in [0.2, 0.25) is 5.91 Å². The van der Waals surface area contributed by atoms with E-state index in [2.05, 4.69) is 5.32 Å². The van der Waals surface area contributed by atoms with Gasteiger partial charge < -0.3 is 19.7 Å². The number of carbonyl (C=O) groups is 3. The molecule has 160 valence electrons. The molecular weight excluding hydrogens is 384 g/mol. The van der Waals surface area contributed by atoms with Gasteiger partial charge in [0.1, 0.15) is 5.75 Å². The minimum absolute atomic E-state index is 0.0494. The fourth-order valence-electron chi connectivity index (χ4n) is 2.78. The molecule has 0 saturated heterocycles. The van der Waals surface area contributed by atoms with Crippen LogP contribution in [0.3, 0.4) is 0 Å². The van der Waals surface area contributed by atoms with E-state index in [-0.39, 0.29) is 25.0 Å². The smallest absolute Gasteiger partial charge is 0.338 e. The maximum Gasteiger partial charge on any atom is 0.338 e. The summed E-state index contributed by atoms with van der Waals surface area (Å²) in [4.78, 5) is 38.1. The lowest BCUT2D eigenvalue weighted by molar-refractivity contribution is -0.136. The van der Waals surface area contributed by atoms with Gasteiger partial charge in [-0.3, -0.25) is 9.59 Å². The van der Waals surface area contributed by atoms with Gasteiger partial charge in [-0.15, -0.1) is 0 Å². The number of hydrogen-bond acceptors (Lipinski definition) is 5. The molecule has 30 heavy (non-hydrogen) atoms. The van der Waals surface area contributed by atoms with E-state index in [1.165, 1.54) is 4.90 Å². The number of ether oxygens (including phenoxy) is 2. The van der Waals surface area contributed by atoms with Gasteiger partial charge in [-0.05, 0) is 56.2 Å². The van der Waals surface area contributed by atoms with Crippen LogP contribution in [0.4, 0.5) is 5.69 Å². The van der Waals surface area contributed by atoms with Crippen molar-refractivity contribution in [1.82, 2.24) is 4.90 Å². The van der Waals surface area contributed by atoms with Crippen molar-refractivity contribution in [3.05, 3.63) is 59.7 Å². The number of carbonyl (C=O) groups excluding carboxylic acids is 3. The van der Waals surface area contributed by atoms with Crippen molar-refractivity contribution in [2.24, 2.45) is 0 Å². The van der Waals surface area contributed by atoms with Crippen molar-refractivity contribution in [2.75, 3.05) is 31.6 Å². The molecule has 0 unspecified atom stereocenters. The van der Waals surface area contributed by atoms with Crippen LogP contribution < -0.4 is 10.1 Å². The molecule has 0 fully saturated rings. The molecule has 0 aliphatic rings. The summed E-state index contributed by atoms with van der Waals surface area (Å²) in [6.45, 7) is 6.09. The molecule has 0 aliphatic heterocycles. The first-order valence-electron chi connectivity index (χ1n) is 9.97. The van der Waals surface area contributed by atoms with Gasteiger partial charge in [0.15, 0.2) is 6.61 Å². The number of esters is 1. The Morgan fingerprint density at radius 3 is 2.33 bits per heavy atom. The molecule has 2 aromatic rings. The Hall–Kier alpha value is -3.35. The van der Waals surface area contributed by atoms with E-state index >= 15 is 0 Å². The highest BCUT2D eigenvalue weighted by Crippen LogP contribution is 2.14. The normalized spacial score (nSPS) is 10.2. The van der Waals surface area contributed by atoms with Gasteiger partial charge in [-0.2, -0.15) is 0 Å². The summed E-state index contributed by atoms with van der Waals surface area (Å²) in [6.07, 6.45) is 0.720. The Labute approximate surface area is 177 Å². The Bertz CT molecular complexity index is 864. The van der Waals surface area contributed by atoms with Crippen molar-refractivity contribution < 1.29 is 23.9 Å². The number of nitrogens with one attached hydrogen (secondary N) is 1. The summed E-state index contributed by atoms with van der Waals surface area (Å²) in [5.74, 6) is -0.498. The number of nitrogens with zero attached hydrogens (tertiary/aromatic N) is 1. The Morgan fingerprint density at radius 1 is 1.00 bits per heavy atom. The van der Waals surface area contributed by atoms with Crippen LogP contribution in [0.25, 0.3) is 0 Å². The maximum absolute atomic E-state index is 12.6. The van der Waals surface area contributed by atoms with E-state index in [4.69, 9.17) is 9.47 Å². The van der Waals surface area contributed by atoms with Crippen LogP contribution in [0.15, 0.2) is 48.5 Å². The zero-order chi connectivity index (χ0) is 21.9. The highest BCUT2D eigenvalue weighted by Gasteiger charge is 2.18. The van der Waals surface area contributed by atoms with E-state index in [1.807, 2.05) is 38.1 Å². The number of aryl methyl sites for hydroxylation is 1. The van der Waals surface area contributed by atoms with Crippen LogP contribution in [0.5, 0.6) is 5.75 Å². The number of anilines is 1. The lowest BCUT2D eigenvalue weighted by atomic mass is 10.2. The summed E-state index contributed by atoms with van der Waals surface area (Å²) in [5.41, 5.74) is 2.09. The third-order valence-corrected chi connectivity index (χ3v) is 4.33. The van der Waals surface area contributed by atoms with Crippen LogP contribution in [0, 0.1) is 6.92 Å². The van der Waals surface area contributed by atoms with Gasteiger partial charge >= 0.3 is 5.97 Å². The first-order valence-corrected chi connectivity index (χ1v) is 9.97. The molecule has 7 nitrogen and oxygen atoms in total. The Kier molecular flexibility index (Phi) is 8.87. The van der Waals surface area contributed by atoms with Gasteiger partial charge in [0.25, 0.3) is 5.91 Å². The molecular formula is C23H28N2O5. The molecule has 0 heterocycles. The Balaban J connectivity index is 1.91. The molecule has 0 spiro atoms. The predicted molar refractivity (Wildman–Crippen MR) is 115 cm³/mol. The average molecular weight is 412 g/mol. The van der Waals surface area contributed by atoms with Gasteiger partial charge in [0.05, 0.1) is 18.7 Å². The first kappa shape index (κ1) is 22.9. The molecule has 0 saturated carbocycles. The molecule has 0 aromatic heterocycles. The highest BCUT2D eigenvalue weighted by molar-refractivity contribution is 5.95. The molecule has 0 bridgehead atoms. The number of benzene rings is 2. The summed E-state index contributed by atoms with van der Waals surface area (Å²) in [7, 11) is 0. The molecule has 2 aromatic carbocycles. The second kappa shape index (κ2) is 11.6.